The third kappa shape index (κ3) is 5.30. The summed E-state index contributed by atoms with van der Waals surface area (Å²) in [5.41, 5.74) is 1.95. The average molecular weight is 351 g/mol. The van der Waals surface area contributed by atoms with Crippen molar-refractivity contribution in [2.24, 2.45) is 0 Å². The topological polar surface area (TPSA) is 42.5 Å². The lowest BCUT2D eigenvalue weighted by Crippen LogP contribution is -2.30. The summed E-state index contributed by atoms with van der Waals surface area (Å²) in [6.45, 7) is 0.723. The molecule has 2 aromatic rings. The number of ether oxygens (including phenoxy) is 2. The fourth-order valence-corrected chi connectivity index (χ4v) is 2.44. The van der Waals surface area contributed by atoms with Crippen LogP contribution in [0.1, 0.15) is 5.56 Å². The van der Waals surface area contributed by atoms with Crippen molar-refractivity contribution in [3.63, 3.8) is 0 Å². The number of rotatable bonds is 6. The second-order valence-electron chi connectivity index (χ2n) is 4.82. The molecule has 0 unspecified atom stereocenters. The van der Waals surface area contributed by atoms with E-state index in [1.807, 2.05) is 24.3 Å². The molecule has 2 rings (SSSR count). The van der Waals surface area contributed by atoms with Crippen molar-refractivity contribution in [2.45, 2.75) is 6.42 Å². The van der Waals surface area contributed by atoms with E-state index in [1.165, 1.54) is 5.56 Å². The Hall–Kier alpha value is -1.98. The lowest BCUT2D eigenvalue weighted by atomic mass is 10.1. The summed E-state index contributed by atoms with van der Waals surface area (Å²) in [6.07, 6.45) is 0.860. The molecule has 122 valence electrons. The molecule has 0 aliphatic carbocycles. The number of nitrogens with one attached hydrogen (secondary N) is 2. The van der Waals surface area contributed by atoms with E-state index in [4.69, 9.17) is 33.3 Å². The smallest absolute Gasteiger partial charge is 0.170 e. The van der Waals surface area contributed by atoms with Crippen molar-refractivity contribution in [2.75, 3.05) is 26.1 Å². The van der Waals surface area contributed by atoms with E-state index in [-0.39, 0.29) is 0 Å². The van der Waals surface area contributed by atoms with Gasteiger partial charge in [-0.25, -0.2) is 0 Å². The van der Waals surface area contributed by atoms with Crippen LogP contribution in [0.15, 0.2) is 42.5 Å². The Labute approximate surface area is 146 Å². The monoisotopic (exact) mass is 350 g/mol. The van der Waals surface area contributed by atoms with E-state index in [2.05, 4.69) is 10.6 Å². The molecule has 2 aromatic carbocycles. The van der Waals surface area contributed by atoms with Crippen LogP contribution in [0.3, 0.4) is 0 Å². The van der Waals surface area contributed by atoms with E-state index in [1.54, 1.807) is 32.4 Å². The van der Waals surface area contributed by atoms with E-state index in [9.17, 15) is 0 Å². The minimum atomic E-state index is 0.527. The summed E-state index contributed by atoms with van der Waals surface area (Å²) in [4.78, 5) is 0. The lowest BCUT2D eigenvalue weighted by molar-refractivity contribution is 0.414. The molecular weight excluding hydrogens is 332 g/mol. The summed E-state index contributed by atoms with van der Waals surface area (Å²) in [6, 6.07) is 13.3. The molecule has 0 radical (unpaired) electrons. The summed E-state index contributed by atoms with van der Waals surface area (Å²) >= 11 is 11.3. The molecule has 0 amide bonds. The number of thiocarbonyl (C=S) groups is 1. The Balaban J connectivity index is 1.84. The van der Waals surface area contributed by atoms with Gasteiger partial charge in [-0.05, 0) is 54.5 Å². The van der Waals surface area contributed by atoms with Crippen molar-refractivity contribution in [1.82, 2.24) is 5.32 Å². The Kier molecular flexibility index (Phi) is 6.50. The zero-order chi connectivity index (χ0) is 16.7. The quantitative estimate of drug-likeness (QED) is 0.774. The number of benzene rings is 2. The first-order valence-corrected chi connectivity index (χ1v) is 7.92. The first kappa shape index (κ1) is 17.4. The molecule has 0 saturated carbocycles. The zero-order valence-electron chi connectivity index (χ0n) is 13.1. The summed E-state index contributed by atoms with van der Waals surface area (Å²) in [5, 5.41) is 7.41. The van der Waals surface area contributed by atoms with Gasteiger partial charge in [0, 0.05) is 11.6 Å². The van der Waals surface area contributed by atoms with Gasteiger partial charge < -0.3 is 20.1 Å². The molecule has 23 heavy (non-hydrogen) atoms. The Morgan fingerprint density at radius 1 is 1.09 bits per heavy atom. The van der Waals surface area contributed by atoms with Gasteiger partial charge in [-0.3, -0.25) is 0 Å². The van der Waals surface area contributed by atoms with Gasteiger partial charge >= 0.3 is 0 Å². The highest BCUT2D eigenvalue weighted by Gasteiger charge is 2.05. The Morgan fingerprint density at radius 2 is 1.83 bits per heavy atom. The molecule has 0 bridgehead atoms. The molecular formula is C17H19ClN2O2S. The van der Waals surface area contributed by atoms with Crippen LogP contribution < -0.4 is 20.1 Å². The average Bonchev–Trinajstić information content (AvgIpc) is 2.56. The zero-order valence-corrected chi connectivity index (χ0v) is 14.6. The van der Waals surface area contributed by atoms with Crippen molar-refractivity contribution in [3.05, 3.63) is 53.1 Å². The second-order valence-corrected chi connectivity index (χ2v) is 5.67. The highest BCUT2D eigenvalue weighted by Crippen LogP contribution is 2.27. The predicted molar refractivity (Wildman–Crippen MR) is 98.9 cm³/mol. The maximum atomic E-state index is 6.00. The molecule has 6 heteroatoms. The molecule has 0 spiro atoms. The minimum Gasteiger partial charge on any atom is -0.497 e. The van der Waals surface area contributed by atoms with Crippen molar-refractivity contribution in [3.8, 4) is 11.5 Å². The van der Waals surface area contributed by atoms with Crippen LogP contribution in [-0.4, -0.2) is 25.9 Å². The van der Waals surface area contributed by atoms with Crippen LogP contribution >= 0.6 is 23.8 Å². The Morgan fingerprint density at radius 3 is 2.48 bits per heavy atom. The summed E-state index contributed by atoms with van der Waals surface area (Å²) in [7, 11) is 3.26. The standard InChI is InChI=1S/C17H19ClN2O2S/c1-21-14-6-3-12(4-7-14)9-10-19-17(23)20-15-11-13(18)5-8-16(15)22-2/h3-8,11H,9-10H2,1-2H3,(H2,19,20,23). The fourth-order valence-electron chi connectivity index (χ4n) is 2.06. The number of hydrogen-bond donors (Lipinski definition) is 2. The van der Waals surface area contributed by atoms with E-state index in [0.29, 0.717) is 15.9 Å². The first-order valence-electron chi connectivity index (χ1n) is 7.13. The molecule has 0 aromatic heterocycles. The van der Waals surface area contributed by atoms with Crippen LogP contribution in [0.4, 0.5) is 5.69 Å². The van der Waals surface area contributed by atoms with Gasteiger partial charge in [0.2, 0.25) is 0 Å². The SMILES string of the molecule is COc1ccc(CCNC(=S)Nc2cc(Cl)ccc2OC)cc1. The van der Waals surface area contributed by atoms with E-state index >= 15 is 0 Å². The third-order valence-electron chi connectivity index (χ3n) is 3.27. The predicted octanol–water partition coefficient (Wildman–Crippen LogP) is 3.89. The van der Waals surface area contributed by atoms with Gasteiger partial charge in [-0.1, -0.05) is 23.7 Å². The van der Waals surface area contributed by atoms with Crippen LogP contribution in [0, 0.1) is 0 Å². The van der Waals surface area contributed by atoms with Crippen LogP contribution in [-0.2, 0) is 6.42 Å². The molecule has 4 nitrogen and oxygen atoms in total. The van der Waals surface area contributed by atoms with E-state index in [0.717, 1.165) is 24.4 Å². The number of halogens is 1. The molecule has 0 aliphatic rings. The van der Waals surface area contributed by atoms with Crippen LogP contribution in [0.2, 0.25) is 5.02 Å². The van der Waals surface area contributed by atoms with E-state index < -0.39 is 0 Å². The highest BCUT2D eigenvalue weighted by atomic mass is 35.5. The lowest BCUT2D eigenvalue weighted by Gasteiger charge is -2.13. The third-order valence-corrected chi connectivity index (χ3v) is 3.75. The Bertz CT molecular complexity index is 662. The van der Waals surface area contributed by atoms with Crippen molar-refractivity contribution < 1.29 is 9.47 Å². The number of hydrogen-bond acceptors (Lipinski definition) is 3. The van der Waals surface area contributed by atoms with Gasteiger partial charge in [0.05, 0.1) is 19.9 Å². The number of methoxy groups -OCH3 is 2. The molecule has 0 aliphatic heterocycles. The molecule has 0 heterocycles. The molecule has 0 fully saturated rings. The van der Waals surface area contributed by atoms with Gasteiger partial charge in [0.1, 0.15) is 11.5 Å². The normalized spacial score (nSPS) is 10.0. The first-order chi connectivity index (χ1) is 11.1. The van der Waals surface area contributed by atoms with Crippen molar-refractivity contribution >= 4 is 34.6 Å². The molecule has 0 saturated heterocycles. The van der Waals surface area contributed by atoms with Gasteiger partial charge in [0.25, 0.3) is 0 Å². The van der Waals surface area contributed by atoms with Crippen LogP contribution in [0.5, 0.6) is 11.5 Å². The summed E-state index contributed by atoms with van der Waals surface area (Å²) < 4.78 is 10.4. The van der Waals surface area contributed by atoms with Crippen LogP contribution in [0.25, 0.3) is 0 Å². The van der Waals surface area contributed by atoms with Gasteiger partial charge in [0.15, 0.2) is 5.11 Å². The maximum absolute atomic E-state index is 6.00. The van der Waals surface area contributed by atoms with Gasteiger partial charge in [-0.15, -0.1) is 0 Å². The largest absolute Gasteiger partial charge is 0.497 e. The molecule has 0 atom stereocenters. The highest BCUT2D eigenvalue weighted by molar-refractivity contribution is 7.80. The van der Waals surface area contributed by atoms with Gasteiger partial charge in [-0.2, -0.15) is 0 Å². The van der Waals surface area contributed by atoms with Crippen molar-refractivity contribution in [1.29, 1.82) is 0 Å². The summed E-state index contributed by atoms with van der Waals surface area (Å²) in [5.74, 6) is 1.54. The second kappa shape index (κ2) is 8.60. The minimum absolute atomic E-state index is 0.527. The molecule has 2 N–H and O–H groups in total. The number of anilines is 1. The fraction of sp³-hybridized carbons (Fsp3) is 0.235. The maximum Gasteiger partial charge on any atom is 0.170 e.